The van der Waals surface area contributed by atoms with E-state index in [1.807, 2.05) is 107 Å². The van der Waals surface area contributed by atoms with Crippen LogP contribution in [-0.2, 0) is 22.6 Å². The Morgan fingerprint density at radius 2 is 1.54 bits per heavy atom. The number of carbonyl (C=O) groups excluding carboxylic acids is 2. The number of nitrogens with zero attached hydrogens (tertiary/aromatic N) is 1. The number of ether oxygens (including phenoxy) is 1. The number of aryl methyl sites for hydroxylation is 3. The molecule has 3 rings (SSSR count). The third-order valence-electron chi connectivity index (χ3n) is 5.82. The Balaban J connectivity index is 1.92. The molecule has 0 saturated carbocycles. The van der Waals surface area contributed by atoms with Gasteiger partial charge in [0.25, 0.3) is 5.91 Å². The second-order valence-corrected chi connectivity index (χ2v) is 9.44. The van der Waals surface area contributed by atoms with E-state index < -0.39 is 6.04 Å². The average Bonchev–Trinajstić information content (AvgIpc) is 2.81. The molecule has 2 amide bonds. The average molecular weight is 473 g/mol. The predicted molar refractivity (Wildman–Crippen MR) is 140 cm³/mol. The number of benzene rings is 3. The minimum atomic E-state index is -0.671. The van der Waals surface area contributed by atoms with Crippen LogP contribution in [0, 0.1) is 20.8 Å². The molecule has 35 heavy (non-hydrogen) atoms. The first-order chi connectivity index (χ1) is 16.7. The van der Waals surface area contributed by atoms with Gasteiger partial charge in [-0.1, -0.05) is 77.9 Å². The van der Waals surface area contributed by atoms with Crippen molar-refractivity contribution in [2.45, 2.75) is 59.7 Å². The lowest BCUT2D eigenvalue weighted by Crippen LogP contribution is -2.52. The minimum Gasteiger partial charge on any atom is -0.483 e. The fourth-order valence-electron chi connectivity index (χ4n) is 4.13. The maximum atomic E-state index is 13.6. The molecular weight excluding hydrogens is 436 g/mol. The summed E-state index contributed by atoms with van der Waals surface area (Å²) in [6.45, 7) is 10.0. The van der Waals surface area contributed by atoms with Crippen LogP contribution in [0.25, 0.3) is 0 Å². The van der Waals surface area contributed by atoms with Crippen LogP contribution >= 0.6 is 0 Å². The monoisotopic (exact) mass is 472 g/mol. The van der Waals surface area contributed by atoms with E-state index in [9.17, 15) is 9.59 Å². The maximum Gasteiger partial charge on any atom is 0.261 e. The summed E-state index contributed by atoms with van der Waals surface area (Å²) in [5, 5.41) is 3.01. The van der Waals surface area contributed by atoms with E-state index in [2.05, 4.69) is 5.32 Å². The summed E-state index contributed by atoms with van der Waals surface area (Å²) in [6, 6.07) is 23.0. The largest absolute Gasteiger partial charge is 0.483 e. The molecule has 3 aromatic carbocycles. The Morgan fingerprint density at radius 1 is 0.857 bits per heavy atom. The van der Waals surface area contributed by atoms with Gasteiger partial charge in [-0.25, -0.2) is 0 Å². The topological polar surface area (TPSA) is 58.6 Å². The second kappa shape index (κ2) is 12.2. The molecule has 1 atom stereocenters. The molecule has 0 aliphatic carbocycles. The van der Waals surface area contributed by atoms with Crippen LogP contribution in [0.15, 0.2) is 72.8 Å². The number of rotatable bonds is 10. The van der Waals surface area contributed by atoms with Crippen LogP contribution in [0.2, 0.25) is 0 Å². The lowest BCUT2D eigenvalue weighted by Gasteiger charge is -2.32. The molecule has 5 heteroatoms. The highest BCUT2D eigenvalue weighted by Crippen LogP contribution is 2.20. The fraction of sp³-hybridized carbons (Fsp3) is 0.333. The van der Waals surface area contributed by atoms with Crippen molar-refractivity contribution in [1.82, 2.24) is 10.2 Å². The standard InChI is InChI=1S/C30H36N2O3/c1-21(2)31-30(34)27(18-25-11-7-6-8-12-25)32(19-26-13-9-10-22(3)17-26)29(33)20-35-28-15-14-23(4)16-24(28)5/h6-17,21,27H,18-20H2,1-5H3,(H,31,34)/t27-/m0/s1. The third kappa shape index (κ3) is 7.71. The van der Waals surface area contributed by atoms with Crippen molar-refractivity contribution in [3.05, 3.63) is 101 Å². The van der Waals surface area contributed by atoms with Gasteiger partial charge < -0.3 is 15.0 Å². The molecule has 0 unspecified atom stereocenters. The van der Waals surface area contributed by atoms with E-state index in [1.54, 1.807) is 4.90 Å². The number of nitrogens with one attached hydrogen (secondary N) is 1. The van der Waals surface area contributed by atoms with Gasteiger partial charge in [-0.05, 0) is 57.4 Å². The molecule has 0 spiro atoms. The van der Waals surface area contributed by atoms with E-state index in [-0.39, 0.29) is 24.5 Å². The molecule has 184 valence electrons. The zero-order valence-corrected chi connectivity index (χ0v) is 21.4. The lowest BCUT2D eigenvalue weighted by molar-refractivity contribution is -0.143. The minimum absolute atomic E-state index is 0.0387. The molecule has 0 aromatic heterocycles. The van der Waals surface area contributed by atoms with E-state index >= 15 is 0 Å². The van der Waals surface area contributed by atoms with Crippen LogP contribution < -0.4 is 10.1 Å². The zero-order valence-electron chi connectivity index (χ0n) is 21.4. The number of carbonyl (C=O) groups is 2. The Labute approximate surface area is 209 Å². The van der Waals surface area contributed by atoms with E-state index in [4.69, 9.17) is 4.74 Å². The molecule has 1 N–H and O–H groups in total. The lowest BCUT2D eigenvalue weighted by atomic mass is 10.0. The van der Waals surface area contributed by atoms with Gasteiger partial charge in [-0.15, -0.1) is 0 Å². The molecule has 0 saturated heterocycles. The molecule has 0 heterocycles. The quantitative estimate of drug-likeness (QED) is 0.444. The van der Waals surface area contributed by atoms with Gasteiger partial charge in [-0.3, -0.25) is 9.59 Å². The molecule has 0 aliphatic heterocycles. The highest BCUT2D eigenvalue weighted by atomic mass is 16.5. The SMILES string of the molecule is Cc1cccc(CN(C(=O)COc2ccc(C)cc2C)[C@@H](Cc2ccccc2)C(=O)NC(C)C)c1. The second-order valence-electron chi connectivity index (χ2n) is 9.44. The van der Waals surface area contributed by atoms with Crippen molar-refractivity contribution in [1.29, 1.82) is 0 Å². The molecule has 0 aliphatic rings. The Morgan fingerprint density at radius 3 is 2.20 bits per heavy atom. The van der Waals surface area contributed by atoms with Gasteiger partial charge in [0, 0.05) is 19.0 Å². The predicted octanol–water partition coefficient (Wildman–Crippen LogP) is 5.16. The molecule has 0 bridgehead atoms. The summed E-state index contributed by atoms with van der Waals surface area (Å²) in [5.74, 6) is 0.272. The number of amides is 2. The molecule has 5 nitrogen and oxygen atoms in total. The van der Waals surface area contributed by atoms with Crippen LogP contribution in [0.5, 0.6) is 5.75 Å². The molecule has 0 fully saturated rings. The summed E-state index contributed by atoms with van der Waals surface area (Å²) in [7, 11) is 0. The smallest absolute Gasteiger partial charge is 0.261 e. The highest BCUT2D eigenvalue weighted by molar-refractivity contribution is 5.88. The number of hydrogen-bond donors (Lipinski definition) is 1. The Kier molecular flexibility index (Phi) is 9.07. The highest BCUT2D eigenvalue weighted by Gasteiger charge is 2.31. The van der Waals surface area contributed by atoms with Crippen LogP contribution in [0.4, 0.5) is 0 Å². The first-order valence-corrected chi connectivity index (χ1v) is 12.1. The third-order valence-corrected chi connectivity index (χ3v) is 5.82. The van der Waals surface area contributed by atoms with Crippen molar-refractivity contribution >= 4 is 11.8 Å². The number of hydrogen-bond acceptors (Lipinski definition) is 3. The van der Waals surface area contributed by atoms with E-state index in [0.717, 1.165) is 27.8 Å². The van der Waals surface area contributed by atoms with Gasteiger partial charge in [0.1, 0.15) is 11.8 Å². The van der Waals surface area contributed by atoms with Gasteiger partial charge in [0.2, 0.25) is 5.91 Å². The van der Waals surface area contributed by atoms with Crippen LogP contribution in [-0.4, -0.2) is 35.4 Å². The van der Waals surface area contributed by atoms with Gasteiger partial charge in [0.15, 0.2) is 6.61 Å². The maximum absolute atomic E-state index is 13.6. The van der Waals surface area contributed by atoms with Crippen LogP contribution in [0.1, 0.15) is 41.7 Å². The van der Waals surface area contributed by atoms with Gasteiger partial charge in [0.05, 0.1) is 0 Å². The van der Waals surface area contributed by atoms with Crippen molar-refractivity contribution in [3.8, 4) is 5.75 Å². The first-order valence-electron chi connectivity index (χ1n) is 12.1. The van der Waals surface area contributed by atoms with Gasteiger partial charge in [-0.2, -0.15) is 0 Å². The van der Waals surface area contributed by atoms with Crippen molar-refractivity contribution < 1.29 is 14.3 Å². The summed E-state index contributed by atoms with van der Waals surface area (Å²) >= 11 is 0. The molecular formula is C30H36N2O3. The van der Waals surface area contributed by atoms with E-state index in [0.29, 0.717) is 18.7 Å². The summed E-state index contributed by atoms with van der Waals surface area (Å²) in [6.07, 6.45) is 0.417. The Bertz CT molecular complexity index is 1140. The summed E-state index contributed by atoms with van der Waals surface area (Å²) in [5.41, 5.74) is 5.18. The van der Waals surface area contributed by atoms with Crippen LogP contribution in [0.3, 0.4) is 0 Å². The Hall–Kier alpha value is -3.60. The van der Waals surface area contributed by atoms with E-state index in [1.165, 1.54) is 0 Å². The molecule has 3 aromatic rings. The van der Waals surface area contributed by atoms with Crippen molar-refractivity contribution in [2.75, 3.05) is 6.61 Å². The summed E-state index contributed by atoms with van der Waals surface area (Å²) in [4.78, 5) is 28.7. The van der Waals surface area contributed by atoms with Crippen molar-refractivity contribution in [2.24, 2.45) is 0 Å². The summed E-state index contributed by atoms with van der Waals surface area (Å²) < 4.78 is 5.93. The zero-order chi connectivity index (χ0) is 25.4. The molecule has 0 radical (unpaired) electrons. The van der Waals surface area contributed by atoms with Crippen molar-refractivity contribution in [3.63, 3.8) is 0 Å². The fourth-order valence-corrected chi connectivity index (χ4v) is 4.13. The first kappa shape index (κ1) is 26.0. The normalized spacial score (nSPS) is 11.7. The van der Waals surface area contributed by atoms with Gasteiger partial charge >= 0.3 is 0 Å².